The molecular formula is C18H12F4N2O2. The molecule has 0 N–H and O–H groups in total. The van der Waals surface area contributed by atoms with Crippen LogP contribution >= 0.6 is 0 Å². The van der Waals surface area contributed by atoms with Crippen molar-refractivity contribution < 1.29 is 27.1 Å². The van der Waals surface area contributed by atoms with Gasteiger partial charge in [-0.15, -0.1) is 0 Å². The Morgan fingerprint density at radius 3 is 2.42 bits per heavy atom. The number of nitrogens with zero attached hydrogens (tertiary/aromatic N) is 2. The van der Waals surface area contributed by atoms with Crippen molar-refractivity contribution in [3.8, 4) is 6.07 Å². The molecule has 1 heterocycles. The van der Waals surface area contributed by atoms with Crippen LogP contribution in [-0.2, 0) is 10.9 Å². The zero-order valence-corrected chi connectivity index (χ0v) is 13.2. The quantitative estimate of drug-likeness (QED) is 0.591. The van der Waals surface area contributed by atoms with Crippen LogP contribution < -0.4 is 0 Å². The highest BCUT2D eigenvalue weighted by molar-refractivity contribution is 5.72. The molecule has 2 unspecified atom stereocenters. The third-order valence-electron chi connectivity index (χ3n) is 4.08. The molecule has 1 aliphatic heterocycles. The number of hydrogen-bond acceptors (Lipinski definition) is 3. The maximum absolute atomic E-state index is 13.2. The highest BCUT2D eigenvalue weighted by Gasteiger charge is 2.44. The first-order chi connectivity index (χ1) is 12.3. The minimum atomic E-state index is -4.55. The van der Waals surface area contributed by atoms with Crippen molar-refractivity contribution in [2.75, 3.05) is 6.54 Å². The standard InChI is InChI=1S/C18H12F4N2O2/c19-14-6-4-11(5-7-14)15-16(26-17(25)24(15)9-8-23)12-2-1-3-13(10-12)18(20,21)22/h1-7,10,15-16H,9H2. The second-order valence-corrected chi connectivity index (χ2v) is 5.71. The van der Waals surface area contributed by atoms with Crippen LogP contribution in [0.1, 0.15) is 28.8 Å². The van der Waals surface area contributed by atoms with E-state index in [0.29, 0.717) is 5.56 Å². The predicted molar refractivity (Wildman–Crippen MR) is 82.1 cm³/mol. The van der Waals surface area contributed by atoms with E-state index in [9.17, 15) is 22.4 Å². The monoisotopic (exact) mass is 364 g/mol. The summed E-state index contributed by atoms with van der Waals surface area (Å²) < 4.78 is 57.4. The molecule has 1 saturated heterocycles. The van der Waals surface area contributed by atoms with Gasteiger partial charge in [-0.25, -0.2) is 9.18 Å². The lowest BCUT2D eigenvalue weighted by Gasteiger charge is -2.23. The van der Waals surface area contributed by atoms with Gasteiger partial charge in [0.25, 0.3) is 0 Å². The summed E-state index contributed by atoms with van der Waals surface area (Å²) in [5.74, 6) is -0.499. The van der Waals surface area contributed by atoms with E-state index in [1.54, 1.807) is 0 Å². The zero-order valence-electron chi connectivity index (χ0n) is 13.2. The Bertz CT molecular complexity index is 859. The topological polar surface area (TPSA) is 53.3 Å². The largest absolute Gasteiger partial charge is 0.439 e. The summed E-state index contributed by atoms with van der Waals surface area (Å²) >= 11 is 0. The minimum absolute atomic E-state index is 0.142. The van der Waals surface area contributed by atoms with Crippen molar-refractivity contribution >= 4 is 6.09 Å². The third kappa shape index (κ3) is 3.33. The van der Waals surface area contributed by atoms with E-state index in [1.165, 1.54) is 36.4 Å². The number of alkyl halides is 3. The first-order valence-corrected chi connectivity index (χ1v) is 7.58. The average molecular weight is 364 g/mol. The highest BCUT2D eigenvalue weighted by Crippen LogP contribution is 2.43. The van der Waals surface area contributed by atoms with Crippen LogP contribution in [0.5, 0.6) is 0 Å². The van der Waals surface area contributed by atoms with Crippen LogP contribution in [0.4, 0.5) is 22.4 Å². The van der Waals surface area contributed by atoms with Crippen molar-refractivity contribution in [1.82, 2.24) is 4.90 Å². The summed E-state index contributed by atoms with van der Waals surface area (Å²) in [6.45, 7) is -0.309. The summed E-state index contributed by atoms with van der Waals surface area (Å²) in [6, 6.07) is 10.6. The molecule has 1 fully saturated rings. The molecule has 2 atom stereocenters. The molecule has 1 amide bonds. The summed E-state index contributed by atoms with van der Waals surface area (Å²) in [5.41, 5.74) is -0.277. The Kier molecular flexibility index (Phi) is 4.55. The van der Waals surface area contributed by atoms with E-state index < -0.39 is 35.8 Å². The first-order valence-electron chi connectivity index (χ1n) is 7.58. The van der Waals surface area contributed by atoms with E-state index in [1.807, 2.05) is 6.07 Å². The van der Waals surface area contributed by atoms with Gasteiger partial charge in [0.05, 0.1) is 11.6 Å². The number of carbonyl (C=O) groups is 1. The van der Waals surface area contributed by atoms with E-state index in [0.717, 1.165) is 17.0 Å². The number of rotatable bonds is 3. The highest BCUT2D eigenvalue weighted by atomic mass is 19.4. The Morgan fingerprint density at radius 1 is 1.12 bits per heavy atom. The van der Waals surface area contributed by atoms with Crippen LogP contribution in [0.15, 0.2) is 48.5 Å². The Morgan fingerprint density at radius 2 is 1.81 bits per heavy atom. The molecule has 0 bridgehead atoms. The fourth-order valence-corrected chi connectivity index (χ4v) is 2.91. The maximum atomic E-state index is 13.2. The second kappa shape index (κ2) is 6.67. The number of halogens is 4. The molecule has 0 radical (unpaired) electrons. The number of benzene rings is 2. The molecule has 0 spiro atoms. The molecule has 0 aromatic heterocycles. The number of ether oxygens (including phenoxy) is 1. The second-order valence-electron chi connectivity index (χ2n) is 5.71. The van der Waals surface area contributed by atoms with E-state index >= 15 is 0 Å². The van der Waals surface area contributed by atoms with Crippen LogP contribution in [0.25, 0.3) is 0 Å². The Labute approximate surface area is 146 Å². The van der Waals surface area contributed by atoms with Crippen LogP contribution in [0.3, 0.4) is 0 Å². The molecule has 0 aliphatic carbocycles. The summed E-state index contributed by atoms with van der Waals surface area (Å²) in [5, 5.41) is 8.95. The Hall–Kier alpha value is -3.08. The molecule has 0 saturated carbocycles. The molecule has 2 aromatic rings. The first kappa shape index (κ1) is 17.7. The van der Waals surface area contributed by atoms with Crippen LogP contribution in [0.2, 0.25) is 0 Å². The van der Waals surface area contributed by atoms with Crippen LogP contribution in [-0.4, -0.2) is 17.5 Å². The van der Waals surface area contributed by atoms with E-state index in [-0.39, 0.29) is 12.1 Å². The van der Waals surface area contributed by atoms with Gasteiger partial charge < -0.3 is 4.74 Å². The van der Waals surface area contributed by atoms with Gasteiger partial charge in [-0.2, -0.15) is 18.4 Å². The van der Waals surface area contributed by atoms with Crippen molar-refractivity contribution in [2.24, 2.45) is 0 Å². The number of nitriles is 1. The molecule has 4 nitrogen and oxygen atoms in total. The lowest BCUT2D eigenvalue weighted by molar-refractivity contribution is -0.137. The fraction of sp³-hybridized carbons (Fsp3) is 0.222. The Balaban J connectivity index is 2.06. The van der Waals surface area contributed by atoms with Crippen molar-refractivity contribution in [3.63, 3.8) is 0 Å². The van der Waals surface area contributed by atoms with Gasteiger partial charge >= 0.3 is 12.3 Å². The number of cyclic esters (lactones) is 1. The maximum Gasteiger partial charge on any atom is 0.416 e. The van der Waals surface area contributed by atoms with Crippen LogP contribution in [0, 0.1) is 17.1 Å². The average Bonchev–Trinajstić information content (AvgIpc) is 2.92. The van der Waals surface area contributed by atoms with E-state index in [2.05, 4.69) is 0 Å². The minimum Gasteiger partial charge on any atom is -0.439 e. The van der Waals surface area contributed by atoms with Crippen molar-refractivity contribution in [3.05, 3.63) is 71.0 Å². The predicted octanol–water partition coefficient (Wildman–Crippen LogP) is 4.60. The molecule has 2 aromatic carbocycles. The van der Waals surface area contributed by atoms with Gasteiger partial charge in [0, 0.05) is 0 Å². The molecule has 3 rings (SSSR count). The number of carbonyl (C=O) groups excluding carboxylic acids is 1. The van der Waals surface area contributed by atoms with Gasteiger partial charge in [-0.1, -0.05) is 24.3 Å². The normalized spacial score (nSPS) is 20.0. The number of amides is 1. The third-order valence-corrected chi connectivity index (χ3v) is 4.08. The molecule has 8 heteroatoms. The molecular weight excluding hydrogens is 352 g/mol. The summed E-state index contributed by atoms with van der Waals surface area (Å²) in [6.07, 6.45) is -6.41. The molecule has 1 aliphatic rings. The van der Waals surface area contributed by atoms with Gasteiger partial charge in [0.1, 0.15) is 18.4 Å². The summed E-state index contributed by atoms with van der Waals surface area (Å²) in [7, 11) is 0. The van der Waals surface area contributed by atoms with Gasteiger partial charge in [-0.3, -0.25) is 4.90 Å². The number of hydrogen-bond donors (Lipinski definition) is 0. The van der Waals surface area contributed by atoms with Gasteiger partial charge in [-0.05, 0) is 35.4 Å². The lowest BCUT2D eigenvalue weighted by Crippen LogP contribution is -2.28. The fourth-order valence-electron chi connectivity index (χ4n) is 2.91. The smallest absolute Gasteiger partial charge is 0.416 e. The molecule has 26 heavy (non-hydrogen) atoms. The SMILES string of the molecule is N#CCN1C(=O)OC(c2cccc(C(F)(F)F)c2)C1c1ccc(F)cc1. The summed E-state index contributed by atoms with van der Waals surface area (Å²) in [4.78, 5) is 13.2. The lowest BCUT2D eigenvalue weighted by atomic mass is 9.94. The van der Waals surface area contributed by atoms with Gasteiger partial charge in [0.15, 0.2) is 6.10 Å². The zero-order chi connectivity index (χ0) is 18.9. The van der Waals surface area contributed by atoms with Gasteiger partial charge in [0.2, 0.25) is 0 Å². The van der Waals surface area contributed by atoms with E-state index in [4.69, 9.17) is 10.00 Å². The molecule has 134 valence electrons. The van der Waals surface area contributed by atoms with Crippen molar-refractivity contribution in [1.29, 1.82) is 5.26 Å². The van der Waals surface area contributed by atoms with Crippen molar-refractivity contribution in [2.45, 2.75) is 18.3 Å².